The summed E-state index contributed by atoms with van der Waals surface area (Å²) in [5, 5.41) is 9.88. The smallest absolute Gasteiger partial charge is 0.0621 e. The van der Waals surface area contributed by atoms with Crippen molar-refractivity contribution < 1.29 is 0 Å². The molecule has 0 atom stereocenters. The van der Waals surface area contributed by atoms with Crippen molar-refractivity contribution in [3.63, 3.8) is 0 Å². The van der Waals surface area contributed by atoms with Crippen molar-refractivity contribution in [2.45, 2.75) is 25.7 Å². The molecule has 0 aliphatic rings. The topological polar surface area (TPSA) is 23.8 Å². The monoisotopic (exact) mass is 141 g/mol. The maximum atomic E-state index is 8.14. The van der Waals surface area contributed by atoms with Crippen LogP contribution in [0, 0.1) is 11.3 Å². The van der Waals surface area contributed by atoms with Crippen LogP contribution >= 0.6 is 12.6 Å². The molecule has 0 saturated heterocycles. The van der Waals surface area contributed by atoms with Crippen LogP contribution in [0.3, 0.4) is 0 Å². The second-order valence-corrected chi connectivity index (χ2v) is 2.09. The fourth-order valence-electron chi connectivity index (χ4n) is 0.541. The summed E-state index contributed by atoms with van der Waals surface area (Å²) in [6.07, 6.45) is 5.84. The number of nitriles is 1. The van der Waals surface area contributed by atoms with Crippen molar-refractivity contribution in [3.8, 4) is 6.07 Å². The normalized spacial score (nSPS) is 9.78. The van der Waals surface area contributed by atoms with Gasteiger partial charge in [-0.1, -0.05) is 6.08 Å². The number of thiol groups is 1. The van der Waals surface area contributed by atoms with E-state index in [4.69, 9.17) is 5.26 Å². The number of unbranched alkanes of at least 4 members (excludes halogenated alkanes) is 3. The third-order valence-electron chi connectivity index (χ3n) is 1.01. The zero-order chi connectivity index (χ0) is 6.95. The van der Waals surface area contributed by atoms with Gasteiger partial charge < -0.3 is 0 Å². The maximum absolute atomic E-state index is 8.14. The van der Waals surface area contributed by atoms with Gasteiger partial charge in [0.15, 0.2) is 0 Å². The largest absolute Gasteiger partial charge is 0.198 e. The van der Waals surface area contributed by atoms with E-state index < -0.39 is 0 Å². The highest BCUT2D eigenvalue weighted by Gasteiger charge is 1.82. The maximum Gasteiger partial charge on any atom is 0.0621 e. The first-order chi connectivity index (χ1) is 4.41. The van der Waals surface area contributed by atoms with E-state index in [9.17, 15) is 0 Å². The van der Waals surface area contributed by atoms with Gasteiger partial charge in [0.05, 0.1) is 6.07 Å². The van der Waals surface area contributed by atoms with Crippen molar-refractivity contribution >= 4 is 12.6 Å². The Hall–Kier alpha value is -0.420. The van der Waals surface area contributed by atoms with Crippen molar-refractivity contribution in [3.05, 3.63) is 11.5 Å². The van der Waals surface area contributed by atoms with Crippen LogP contribution in [0.15, 0.2) is 11.5 Å². The minimum absolute atomic E-state index is 0.681. The Labute approximate surface area is 61.8 Å². The highest BCUT2D eigenvalue weighted by atomic mass is 32.1. The van der Waals surface area contributed by atoms with Crippen LogP contribution in [-0.2, 0) is 0 Å². The van der Waals surface area contributed by atoms with E-state index in [0.29, 0.717) is 6.42 Å². The molecule has 0 fully saturated rings. The van der Waals surface area contributed by atoms with Crippen molar-refractivity contribution in [2.24, 2.45) is 0 Å². The molecule has 9 heavy (non-hydrogen) atoms. The van der Waals surface area contributed by atoms with Crippen molar-refractivity contribution in [2.75, 3.05) is 0 Å². The van der Waals surface area contributed by atoms with Gasteiger partial charge in [-0.2, -0.15) is 17.9 Å². The quantitative estimate of drug-likeness (QED) is 0.472. The Kier molecular flexibility index (Phi) is 7.23. The van der Waals surface area contributed by atoms with Gasteiger partial charge >= 0.3 is 0 Å². The van der Waals surface area contributed by atoms with Crippen molar-refractivity contribution in [1.29, 1.82) is 5.26 Å². The molecular formula is C7H11NS. The van der Waals surface area contributed by atoms with E-state index in [-0.39, 0.29) is 0 Å². The predicted octanol–water partition coefficient (Wildman–Crippen LogP) is 2.51. The van der Waals surface area contributed by atoms with E-state index in [1.807, 2.05) is 6.08 Å². The van der Waals surface area contributed by atoms with Gasteiger partial charge in [0, 0.05) is 6.42 Å². The third-order valence-corrected chi connectivity index (χ3v) is 1.23. The molecule has 2 heteroatoms. The predicted molar refractivity (Wildman–Crippen MR) is 42.2 cm³/mol. The van der Waals surface area contributed by atoms with Gasteiger partial charge in [-0.3, -0.25) is 0 Å². The number of rotatable bonds is 4. The second kappa shape index (κ2) is 7.58. The summed E-state index contributed by atoms with van der Waals surface area (Å²) in [7, 11) is 0. The van der Waals surface area contributed by atoms with E-state index in [0.717, 1.165) is 19.3 Å². The lowest BCUT2D eigenvalue weighted by Crippen LogP contribution is -1.70. The molecule has 0 aromatic carbocycles. The summed E-state index contributed by atoms with van der Waals surface area (Å²) in [6.45, 7) is 0. The Balaban J connectivity index is 2.85. The van der Waals surface area contributed by atoms with Crippen LogP contribution < -0.4 is 0 Å². The Morgan fingerprint density at radius 3 is 2.78 bits per heavy atom. The molecule has 0 aliphatic heterocycles. The van der Waals surface area contributed by atoms with Crippen LogP contribution in [0.5, 0.6) is 0 Å². The van der Waals surface area contributed by atoms with E-state index >= 15 is 0 Å². The highest BCUT2D eigenvalue weighted by Crippen LogP contribution is 1.99. The zero-order valence-electron chi connectivity index (χ0n) is 5.38. The second-order valence-electron chi connectivity index (χ2n) is 1.79. The molecular weight excluding hydrogens is 130 g/mol. The summed E-state index contributed by atoms with van der Waals surface area (Å²) in [6, 6.07) is 2.10. The summed E-state index contributed by atoms with van der Waals surface area (Å²) in [5.41, 5.74) is 0. The fraction of sp³-hybridized carbons (Fsp3) is 0.571. The molecule has 0 radical (unpaired) electrons. The van der Waals surface area contributed by atoms with Crippen LogP contribution in [0.25, 0.3) is 0 Å². The molecule has 0 heterocycles. The lowest BCUT2D eigenvalue weighted by Gasteiger charge is -1.87. The van der Waals surface area contributed by atoms with E-state index in [1.165, 1.54) is 0 Å². The van der Waals surface area contributed by atoms with Crippen LogP contribution in [-0.4, -0.2) is 0 Å². The summed E-state index contributed by atoms with van der Waals surface area (Å²) in [4.78, 5) is 0. The van der Waals surface area contributed by atoms with Crippen LogP contribution in [0.4, 0.5) is 0 Å². The Morgan fingerprint density at radius 2 is 2.22 bits per heavy atom. The number of nitrogens with zero attached hydrogens (tertiary/aromatic N) is 1. The molecule has 0 amide bonds. The molecule has 0 N–H and O–H groups in total. The first-order valence-electron chi connectivity index (χ1n) is 3.08. The fourth-order valence-corrected chi connectivity index (χ4v) is 0.690. The van der Waals surface area contributed by atoms with Gasteiger partial charge in [-0.05, 0) is 24.7 Å². The highest BCUT2D eigenvalue weighted by molar-refractivity contribution is 7.83. The molecule has 0 aliphatic carbocycles. The first kappa shape index (κ1) is 8.58. The summed E-state index contributed by atoms with van der Waals surface area (Å²) < 4.78 is 0. The lowest BCUT2D eigenvalue weighted by molar-refractivity contribution is 0.768. The summed E-state index contributed by atoms with van der Waals surface area (Å²) in [5.74, 6) is 0. The van der Waals surface area contributed by atoms with E-state index in [2.05, 4.69) is 18.7 Å². The molecule has 1 nitrogen and oxygen atoms in total. The molecule has 0 bridgehead atoms. The minimum atomic E-state index is 0.681. The van der Waals surface area contributed by atoms with Crippen molar-refractivity contribution in [1.82, 2.24) is 0 Å². The van der Waals surface area contributed by atoms with Gasteiger partial charge in [0.2, 0.25) is 0 Å². The SMILES string of the molecule is N#CCCCCC=CS. The number of allylic oxidation sites excluding steroid dienone is 1. The van der Waals surface area contributed by atoms with Gasteiger partial charge in [-0.15, -0.1) is 0 Å². The lowest BCUT2D eigenvalue weighted by atomic mass is 10.2. The molecule has 0 saturated carbocycles. The molecule has 0 aromatic rings. The van der Waals surface area contributed by atoms with Gasteiger partial charge in [-0.25, -0.2) is 0 Å². The average molecular weight is 141 g/mol. The summed E-state index contributed by atoms with van der Waals surface area (Å²) >= 11 is 3.90. The standard InChI is InChI=1S/C7H11NS/c8-6-4-2-1-3-5-7-9/h5,7,9H,1-4H2. The van der Waals surface area contributed by atoms with Crippen LogP contribution in [0.2, 0.25) is 0 Å². The molecule has 0 rings (SSSR count). The van der Waals surface area contributed by atoms with Crippen LogP contribution in [0.1, 0.15) is 25.7 Å². The Bertz CT molecular complexity index is 113. The molecule has 0 unspecified atom stereocenters. The first-order valence-corrected chi connectivity index (χ1v) is 3.59. The average Bonchev–Trinajstić information content (AvgIpc) is 1.89. The number of hydrogen-bond donors (Lipinski definition) is 1. The zero-order valence-corrected chi connectivity index (χ0v) is 6.27. The third kappa shape index (κ3) is 7.58. The minimum Gasteiger partial charge on any atom is -0.198 e. The van der Waals surface area contributed by atoms with E-state index in [1.54, 1.807) is 5.41 Å². The molecule has 50 valence electrons. The molecule has 0 spiro atoms. The number of hydrogen-bond acceptors (Lipinski definition) is 2. The Morgan fingerprint density at radius 1 is 1.44 bits per heavy atom. The molecule has 0 aromatic heterocycles. The van der Waals surface area contributed by atoms with Gasteiger partial charge in [0.1, 0.15) is 0 Å². The van der Waals surface area contributed by atoms with Gasteiger partial charge in [0.25, 0.3) is 0 Å².